The van der Waals surface area contributed by atoms with Gasteiger partial charge >= 0.3 is 11.9 Å². The maximum atomic E-state index is 13.7. The van der Waals surface area contributed by atoms with Crippen LogP contribution < -0.4 is 0 Å². The molecule has 0 aliphatic rings. The van der Waals surface area contributed by atoms with Crippen LogP contribution in [0.1, 0.15) is 12.5 Å². The minimum atomic E-state index is -1.64. The molecular weight excluding hydrogens is 326 g/mol. The Hall–Kier alpha value is -1.50. The van der Waals surface area contributed by atoms with Crippen molar-refractivity contribution in [2.45, 2.75) is 13.3 Å². The lowest BCUT2D eigenvalue weighted by Gasteiger charge is -2.13. The van der Waals surface area contributed by atoms with Gasteiger partial charge in [0.15, 0.2) is 5.92 Å². The van der Waals surface area contributed by atoms with Crippen molar-refractivity contribution in [2.75, 3.05) is 6.61 Å². The highest BCUT2D eigenvalue weighted by molar-refractivity contribution is 9.10. The Balaban J connectivity index is 3.07. The molecule has 4 nitrogen and oxygen atoms in total. The summed E-state index contributed by atoms with van der Waals surface area (Å²) in [7, 11) is 0. The highest BCUT2D eigenvalue weighted by Crippen LogP contribution is 2.24. The number of hydrogen-bond acceptors (Lipinski definition) is 3. The molecule has 0 saturated carbocycles. The van der Waals surface area contributed by atoms with Gasteiger partial charge in [0, 0.05) is 12.0 Å². The highest BCUT2D eigenvalue weighted by Gasteiger charge is 2.30. The average molecular weight is 337 g/mol. The molecule has 0 fully saturated rings. The number of hydrogen-bond donors (Lipinski definition) is 1. The normalized spacial score (nSPS) is 12.0. The lowest BCUT2D eigenvalue weighted by atomic mass is 9.98. The SMILES string of the molecule is CCOC(=O)C(Cc1c(F)ccc(Br)c1F)C(=O)O. The van der Waals surface area contributed by atoms with Gasteiger partial charge in [-0.25, -0.2) is 8.78 Å². The largest absolute Gasteiger partial charge is 0.481 e. The molecule has 0 aliphatic carbocycles. The van der Waals surface area contributed by atoms with E-state index in [1.165, 1.54) is 6.92 Å². The molecule has 1 unspecified atom stereocenters. The van der Waals surface area contributed by atoms with Crippen LogP contribution in [0.3, 0.4) is 0 Å². The Bertz CT molecular complexity index is 505. The molecule has 0 heterocycles. The van der Waals surface area contributed by atoms with E-state index in [4.69, 9.17) is 5.11 Å². The number of ether oxygens (including phenoxy) is 1. The number of benzene rings is 1. The topological polar surface area (TPSA) is 63.6 Å². The first kappa shape index (κ1) is 15.6. The molecule has 0 spiro atoms. The second-order valence-corrected chi connectivity index (χ2v) is 4.52. The summed E-state index contributed by atoms with van der Waals surface area (Å²) < 4.78 is 31.8. The van der Waals surface area contributed by atoms with Gasteiger partial charge in [-0.2, -0.15) is 0 Å². The van der Waals surface area contributed by atoms with Crippen LogP contribution in [0.5, 0.6) is 0 Å². The molecule has 7 heteroatoms. The van der Waals surface area contributed by atoms with Crippen molar-refractivity contribution in [2.24, 2.45) is 5.92 Å². The zero-order valence-corrected chi connectivity index (χ0v) is 11.5. The van der Waals surface area contributed by atoms with Crippen LogP contribution in [0.4, 0.5) is 8.78 Å². The van der Waals surface area contributed by atoms with Crippen LogP contribution in [0.15, 0.2) is 16.6 Å². The van der Waals surface area contributed by atoms with Crippen LogP contribution in [0, 0.1) is 17.6 Å². The number of carbonyl (C=O) groups is 2. The van der Waals surface area contributed by atoms with Crippen molar-refractivity contribution in [1.82, 2.24) is 0 Å². The van der Waals surface area contributed by atoms with Gasteiger partial charge in [0.1, 0.15) is 11.6 Å². The molecule has 1 rings (SSSR count). The first-order valence-electron chi connectivity index (χ1n) is 5.40. The van der Waals surface area contributed by atoms with Crippen LogP contribution in [-0.2, 0) is 20.7 Å². The second kappa shape index (κ2) is 6.60. The Morgan fingerprint density at radius 1 is 1.42 bits per heavy atom. The number of rotatable bonds is 5. The smallest absolute Gasteiger partial charge is 0.320 e. The summed E-state index contributed by atoms with van der Waals surface area (Å²) in [6.45, 7) is 1.50. The Labute approximate surface area is 116 Å². The molecular formula is C12H11BrF2O4. The maximum absolute atomic E-state index is 13.7. The van der Waals surface area contributed by atoms with Crippen molar-refractivity contribution >= 4 is 27.9 Å². The quantitative estimate of drug-likeness (QED) is 0.510. The van der Waals surface area contributed by atoms with Crippen LogP contribution in [-0.4, -0.2) is 23.7 Å². The fourth-order valence-corrected chi connectivity index (χ4v) is 1.85. The third-order valence-electron chi connectivity index (χ3n) is 2.42. The number of aliphatic carboxylic acids is 1. The van der Waals surface area contributed by atoms with Gasteiger partial charge in [-0.05, 0) is 35.0 Å². The molecule has 0 aromatic heterocycles. The van der Waals surface area contributed by atoms with E-state index in [2.05, 4.69) is 20.7 Å². The van der Waals surface area contributed by atoms with Crippen molar-refractivity contribution in [3.63, 3.8) is 0 Å². The van der Waals surface area contributed by atoms with Gasteiger partial charge in [0.25, 0.3) is 0 Å². The molecule has 0 amide bonds. The summed E-state index contributed by atoms with van der Waals surface area (Å²) in [6.07, 6.45) is -0.606. The van der Waals surface area contributed by atoms with Gasteiger partial charge < -0.3 is 9.84 Å². The van der Waals surface area contributed by atoms with Crippen LogP contribution in [0.2, 0.25) is 0 Å². The Morgan fingerprint density at radius 2 is 2.05 bits per heavy atom. The minimum Gasteiger partial charge on any atom is -0.481 e. The van der Waals surface area contributed by atoms with E-state index in [0.29, 0.717) is 0 Å². The zero-order valence-electron chi connectivity index (χ0n) is 9.95. The van der Waals surface area contributed by atoms with Gasteiger partial charge in [-0.1, -0.05) is 0 Å². The second-order valence-electron chi connectivity index (χ2n) is 3.67. The zero-order chi connectivity index (χ0) is 14.6. The monoisotopic (exact) mass is 336 g/mol. The Kier molecular flexibility index (Phi) is 5.41. The first-order valence-corrected chi connectivity index (χ1v) is 6.19. The van der Waals surface area contributed by atoms with E-state index in [1.54, 1.807) is 0 Å². The first-order chi connectivity index (χ1) is 8.88. The average Bonchev–Trinajstić information content (AvgIpc) is 2.34. The molecule has 19 heavy (non-hydrogen) atoms. The summed E-state index contributed by atoms with van der Waals surface area (Å²) in [5.74, 6) is -5.98. The van der Waals surface area contributed by atoms with Gasteiger partial charge in [-0.3, -0.25) is 9.59 Å². The van der Waals surface area contributed by atoms with Crippen LogP contribution >= 0.6 is 15.9 Å². The summed E-state index contributed by atoms with van der Waals surface area (Å²) in [6, 6.07) is 2.15. The van der Waals surface area contributed by atoms with E-state index < -0.39 is 41.5 Å². The maximum Gasteiger partial charge on any atom is 0.320 e. The predicted octanol–water partition coefficient (Wildman–Crippen LogP) is 2.53. The standard InChI is InChI=1S/C12H11BrF2O4/c1-2-19-12(18)7(11(16)17)5-6-9(14)4-3-8(13)10(6)15/h3-4,7H,2,5H2,1H3,(H,16,17). The van der Waals surface area contributed by atoms with E-state index in [9.17, 15) is 18.4 Å². The summed E-state index contributed by atoms with van der Waals surface area (Å²) >= 11 is 2.87. The summed E-state index contributed by atoms with van der Waals surface area (Å²) in [5.41, 5.74) is -0.463. The number of halogens is 3. The predicted molar refractivity (Wildman–Crippen MR) is 65.5 cm³/mol. The van der Waals surface area contributed by atoms with Gasteiger partial charge in [0.05, 0.1) is 11.1 Å². The third-order valence-corrected chi connectivity index (χ3v) is 3.03. The molecule has 1 aromatic rings. The van der Waals surface area contributed by atoms with E-state index in [-0.39, 0.29) is 11.1 Å². The van der Waals surface area contributed by atoms with E-state index in [0.717, 1.165) is 12.1 Å². The fraction of sp³-hybridized carbons (Fsp3) is 0.333. The molecule has 1 aromatic carbocycles. The van der Waals surface area contributed by atoms with Crippen molar-refractivity contribution in [1.29, 1.82) is 0 Å². The Morgan fingerprint density at radius 3 is 2.58 bits per heavy atom. The van der Waals surface area contributed by atoms with E-state index >= 15 is 0 Å². The minimum absolute atomic E-state index is 0.00287. The van der Waals surface area contributed by atoms with Crippen molar-refractivity contribution < 1.29 is 28.2 Å². The molecule has 0 aliphatic heterocycles. The lowest BCUT2D eigenvalue weighted by Crippen LogP contribution is -2.28. The number of carboxylic acids is 1. The van der Waals surface area contributed by atoms with E-state index in [1.807, 2.05) is 0 Å². The number of carbonyl (C=O) groups excluding carboxylic acids is 1. The summed E-state index contributed by atoms with van der Waals surface area (Å²) in [4.78, 5) is 22.4. The molecule has 0 bridgehead atoms. The highest BCUT2D eigenvalue weighted by atomic mass is 79.9. The lowest BCUT2D eigenvalue weighted by molar-refractivity contribution is -0.158. The van der Waals surface area contributed by atoms with Crippen molar-refractivity contribution in [3.8, 4) is 0 Å². The van der Waals surface area contributed by atoms with Gasteiger partial charge in [-0.15, -0.1) is 0 Å². The molecule has 1 N–H and O–H groups in total. The fourth-order valence-electron chi connectivity index (χ4n) is 1.47. The molecule has 0 saturated heterocycles. The van der Waals surface area contributed by atoms with Crippen molar-refractivity contribution in [3.05, 3.63) is 33.8 Å². The number of carboxylic acid groups (broad SMARTS) is 1. The summed E-state index contributed by atoms with van der Waals surface area (Å²) in [5, 5.41) is 8.93. The van der Waals surface area contributed by atoms with Crippen LogP contribution in [0.25, 0.3) is 0 Å². The number of esters is 1. The molecule has 0 radical (unpaired) electrons. The molecule has 104 valence electrons. The molecule has 1 atom stereocenters. The van der Waals surface area contributed by atoms with Gasteiger partial charge in [0.2, 0.25) is 0 Å². The third kappa shape index (κ3) is 3.73.